The predicted octanol–water partition coefficient (Wildman–Crippen LogP) is 3.31. The van der Waals surface area contributed by atoms with Gasteiger partial charge in [-0.15, -0.1) is 0 Å². The minimum atomic E-state index is -0.256. The molecule has 1 heterocycles. The van der Waals surface area contributed by atoms with Crippen molar-refractivity contribution in [3.63, 3.8) is 0 Å². The highest BCUT2D eigenvalue weighted by atomic mass is 32.2. The van der Waals surface area contributed by atoms with E-state index in [0.717, 1.165) is 11.1 Å². The van der Waals surface area contributed by atoms with Crippen molar-refractivity contribution in [1.82, 2.24) is 0 Å². The number of esters is 1. The number of thioether (sulfide) groups is 1. The molecule has 0 fully saturated rings. The molecular weight excluding hydrogens is 220 g/mol. The molecule has 3 heteroatoms. The highest BCUT2D eigenvalue weighted by Gasteiger charge is 2.12. The van der Waals surface area contributed by atoms with Crippen LogP contribution in [-0.4, -0.2) is 12.6 Å². The maximum Gasteiger partial charge on any atom is 0.344 e. The highest BCUT2D eigenvalue weighted by Crippen LogP contribution is 2.28. The van der Waals surface area contributed by atoms with E-state index in [2.05, 4.69) is 0 Å². The summed E-state index contributed by atoms with van der Waals surface area (Å²) in [7, 11) is 0. The van der Waals surface area contributed by atoms with E-state index in [1.807, 2.05) is 48.7 Å². The zero-order valence-electron chi connectivity index (χ0n) is 8.97. The van der Waals surface area contributed by atoms with Gasteiger partial charge >= 0.3 is 5.97 Å². The molecule has 1 aromatic carbocycles. The highest BCUT2D eigenvalue weighted by molar-refractivity contribution is 8.07. The van der Waals surface area contributed by atoms with Crippen LogP contribution in [0.15, 0.2) is 34.6 Å². The summed E-state index contributed by atoms with van der Waals surface area (Å²) >= 11 is 1.39. The summed E-state index contributed by atoms with van der Waals surface area (Å²) in [6.07, 6.45) is 3.88. The fourth-order valence-electron chi connectivity index (χ4n) is 1.46. The maximum atomic E-state index is 11.6. The minimum absolute atomic E-state index is 0.256. The Morgan fingerprint density at radius 3 is 2.81 bits per heavy atom. The Bertz CT molecular complexity index is 461. The van der Waals surface area contributed by atoms with Crippen molar-refractivity contribution >= 4 is 29.9 Å². The fraction of sp³-hybridized carbons (Fsp3) is 0.154. The van der Waals surface area contributed by atoms with Crippen LogP contribution < -0.4 is 0 Å². The van der Waals surface area contributed by atoms with Gasteiger partial charge in [0.25, 0.3) is 0 Å². The van der Waals surface area contributed by atoms with E-state index in [1.165, 1.54) is 11.8 Å². The molecular formula is C13H12O2S. The van der Waals surface area contributed by atoms with E-state index < -0.39 is 0 Å². The van der Waals surface area contributed by atoms with Gasteiger partial charge < -0.3 is 4.74 Å². The van der Waals surface area contributed by atoms with Gasteiger partial charge in [0, 0.05) is 0 Å². The second-order valence-electron chi connectivity index (χ2n) is 3.28. The molecule has 0 aliphatic carbocycles. The molecule has 2 nitrogen and oxygen atoms in total. The van der Waals surface area contributed by atoms with Crippen LogP contribution in [0.2, 0.25) is 0 Å². The summed E-state index contributed by atoms with van der Waals surface area (Å²) in [6.45, 7) is 2.21. The molecule has 1 aliphatic rings. The average molecular weight is 232 g/mol. The largest absolute Gasteiger partial charge is 0.462 e. The number of hydrogen-bond acceptors (Lipinski definition) is 3. The Kier molecular flexibility index (Phi) is 3.47. The number of benzene rings is 1. The third-order valence-electron chi connectivity index (χ3n) is 2.20. The van der Waals surface area contributed by atoms with Gasteiger partial charge in [-0.1, -0.05) is 36.0 Å². The Labute approximate surface area is 99.0 Å². The van der Waals surface area contributed by atoms with Gasteiger partial charge in [-0.05, 0) is 35.6 Å². The number of carbonyl (C=O) groups is 1. The van der Waals surface area contributed by atoms with Gasteiger partial charge in [0.1, 0.15) is 0 Å². The van der Waals surface area contributed by atoms with Crippen LogP contribution in [-0.2, 0) is 9.53 Å². The van der Waals surface area contributed by atoms with Crippen molar-refractivity contribution in [3.05, 3.63) is 45.7 Å². The number of hydrogen-bond donors (Lipinski definition) is 0. The number of fused-ring (bicyclic) bond motifs is 1. The maximum absolute atomic E-state index is 11.6. The lowest BCUT2D eigenvalue weighted by atomic mass is 10.1. The first-order chi connectivity index (χ1) is 7.81. The van der Waals surface area contributed by atoms with E-state index in [0.29, 0.717) is 11.5 Å². The molecule has 1 aliphatic heterocycles. The minimum Gasteiger partial charge on any atom is -0.462 e. The van der Waals surface area contributed by atoms with Crippen molar-refractivity contribution in [2.24, 2.45) is 0 Å². The molecule has 0 aromatic heterocycles. The van der Waals surface area contributed by atoms with E-state index in [-0.39, 0.29) is 5.97 Å². The lowest BCUT2D eigenvalue weighted by Crippen LogP contribution is -2.04. The number of rotatable bonds is 2. The number of carbonyl (C=O) groups excluding carboxylic acids is 1. The van der Waals surface area contributed by atoms with Crippen LogP contribution in [0.25, 0.3) is 12.2 Å². The van der Waals surface area contributed by atoms with Crippen LogP contribution >= 0.6 is 11.8 Å². The molecule has 2 rings (SSSR count). The van der Waals surface area contributed by atoms with Crippen LogP contribution in [0, 0.1) is 0 Å². The molecule has 0 saturated heterocycles. The summed E-state index contributed by atoms with van der Waals surface area (Å²) in [4.78, 5) is 12.2. The summed E-state index contributed by atoms with van der Waals surface area (Å²) in [5, 5.41) is 1.91. The van der Waals surface area contributed by atoms with Crippen molar-refractivity contribution in [2.75, 3.05) is 6.61 Å². The lowest BCUT2D eigenvalue weighted by Gasteiger charge is -2.03. The molecule has 0 spiro atoms. The monoisotopic (exact) mass is 232 g/mol. The lowest BCUT2D eigenvalue weighted by molar-refractivity contribution is -0.137. The van der Waals surface area contributed by atoms with Gasteiger partial charge in [0.15, 0.2) is 0 Å². The molecule has 1 aromatic rings. The molecule has 16 heavy (non-hydrogen) atoms. The average Bonchev–Trinajstić information content (AvgIpc) is 2.51. The van der Waals surface area contributed by atoms with Crippen LogP contribution in [0.5, 0.6) is 0 Å². The SMILES string of the molecule is CCOC(=O)C1=Cc2ccccc2C=CS1. The summed E-state index contributed by atoms with van der Waals surface area (Å²) in [5.41, 5.74) is 2.17. The molecule has 0 radical (unpaired) electrons. The van der Waals surface area contributed by atoms with Gasteiger partial charge in [-0.3, -0.25) is 0 Å². The Morgan fingerprint density at radius 2 is 2.06 bits per heavy atom. The third kappa shape index (κ3) is 2.36. The molecule has 0 N–H and O–H groups in total. The predicted molar refractivity (Wildman–Crippen MR) is 67.7 cm³/mol. The number of ether oxygens (including phenoxy) is 1. The second-order valence-corrected chi connectivity index (χ2v) is 4.23. The fourth-order valence-corrected chi connectivity index (χ4v) is 2.17. The quantitative estimate of drug-likeness (QED) is 0.732. The summed E-state index contributed by atoms with van der Waals surface area (Å²) in [5.74, 6) is -0.256. The summed E-state index contributed by atoms with van der Waals surface area (Å²) < 4.78 is 4.99. The zero-order chi connectivity index (χ0) is 11.4. The topological polar surface area (TPSA) is 26.3 Å². The van der Waals surface area contributed by atoms with Crippen molar-refractivity contribution in [1.29, 1.82) is 0 Å². The van der Waals surface area contributed by atoms with E-state index in [1.54, 1.807) is 0 Å². The van der Waals surface area contributed by atoms with E-state index in [4.69, 9.17) is 4.74 Å². The van der Waals surface area contributed by atoms with Crippen LogP contribution in [0.4, 0.5) is 0 Å². The van der Waals surface area contributed by atoms with E-state index >= 15 is 0 Å². The second kappa shape index (κ2) is 5.03. The van der Waals surface area contributed by atoms with Gasteiger partial charge in [-0.25, -0.2) is 4.79 Å². The Morgan fingerprint density at radius 1 is 1.31 bits per heavy atom. The van der Waals surface area contributed by atoms with Crippen molar-refractivity contribution < 1.29 is 9.53 Å². The zero-order valence-corrected chi connectivity index (χ0v) is 9.79. The Hall–Kier alpha value is -1.48. The van der Waals surface area contributed by atoms with Crippen LogP contribution in [0.3, 0.4) is 0 Å². The first-order valence-electron chi connectivity index (χ1n) is 5.12. The molecule has 0 amide bonds. The smallest absolute Gasteiger partial charge is 0.344 e. The van der Waals surface area contributed by atoms with Crippen LogP contribution in [0.1, 0.15) is 18.1 Å². The Balaban J connectivity index is 2.34. The van der Waals surface area contributed by atoms with Crippen molar-refractivity contribution in [2.45, 2.75) is 6.92 Å². The third-order valence-corrected chi connectivity index (χ3v) is 3.01. The van der Waals surface area contributed by atoms with Gasteiger partial charge in [0.05, 0.1) is 11.5 Å². The van der Waals surface area contributed by atoms with Gasteiger partial charge in [0.2, 0.25) is 0 Å². The van der Waals surface area contributed by atoms with E-state index in [9.17, 15) is 4.79 Å². The first-order valence-corrected chi connectivity index (χ1v) is 6.00. The first kappa shape index (κ1) is 11.0. The molecule has 0 bridgehead atoms. The molecule has 0 saturated carbocycles. The summed E-state index contributed by atoms with van der Waals surface area (Å²) in [6, 6.07) is 7.96. The normalized spacial score (nSPS) is 13.7. The molecule has 0 unspecified atom stereocenters. The molecule has 82 valence electrons. The van der Waals surface area contributed by atoms with Gasteiger partial charge in [-0.2, -0.15) is 0 Å². The standard InChI is InChI=1S/C13H12O2S/c1-2-15-13(14)12-9-11-6-4-3-5-10(11)7-8-16-12/h3-9H,2H2,1H3. The molecule has 0 atom stereocenters. The van der Waals surface area contributed by atoms with Crippen molar-refractivity contribution in [3.8, 4) is 0 Å².